The van der Waals surface area contributed by atoms with Crippen LogP contribution in [0.3, 0.4) is 0 Å². The first kappa shape index (κ1) is 10.1. The zero-order valence-electron chi connectivity index (χ0n) is 6.04. The highest BCUT2D eigenvalue weighted by atomic mass is 31.2. The summed E-state index contributed by atoms with van der Waals surface area (Å²) >= 11 is 0. The maximum absolute atomic E-state index is 13.0. The third-order valence-corrected chi connectivity index (χ3v) is 3.28. The van der Waals surface area contributed by atoms with Crippen LogP contribution in [0, 0.1) is 0 Å². The second-order valence-electron chi connectivity index (χ2n) is 2.17. The van der Waals surface area contributed by atoms with Gasteiger partial charge >= 0.3 is 7.60 Å². The third kappa shape index (κ3) is 1.78. The van der Waals surface area contributed by atoms with Gasteiger partial charge in [-0.1, -0.05) is 13.8 Å². The highest BCUT2D eigenvalue weighted by molar-refractivity contribution is 7.53. The summed E-state index contributed by atoms with van der Waals surface area (Å²) in [4.78, 5) is 16.9. The lowest BCUT2D eigenvalue weighted by Crippen LogP contribution is -2.20. The number of hydrogen-bond donors (Lipinski definition) is 2. The van der Waals surface area contributed by atoms with Gasteiger partial charge in [-0.25, -0.2) is 4.39 Å². The van der Waals surface area contributed by atoms with E-state index in [1.54, 1.807) is 0 Å². The Morgan fingerprint density at radius 3 is 1.70 bits per heavy atom. The molecule has 0 aromatic carbocycles. The Bertz CT molecular complexity index is 149. The van der Waals surface area contributed by atoms with Crippen LogP contribution in [-0.4, -0.2) is 15.2 Å². The summed E-state index contributed by atoms with van der Waals surface area (Å²) in [6.45, 7) is 2.84. The molecule has 0 unspecified atom stereocenters. The third-order valence-electron chi connectivity index (χ3n) is 1.61. The molecule has 0 aromatic heterocycles. The van der Waals surface area contributed by atoms with Gasteiger partial charge in [0.2, 0.25) is 5.41 Å². The molecule has 5 heteroatoms. The fourth-order valence-electron chi connectivity index (χ4n) is 0.662. The monoisotopic (exact) mass is 170 g/mol. The molecule has 0 aliphatic rings. The van der Waals surface area contributed by atoms with Crippen LogP contribution in [0.4, 0.5) is 4.39 Å². The van der Waals surface area contributed by atoms with E-state index in [0.29, 0.717) is 0 Å². The van der Waals surface area contributed by atoms with Crippen molar-refractivity contribution in [2.24, 2.45) is 0 Å². The number of alkyl halides is 1. The van der Waals surface area contributed by atoms with Crippen molar-refractivity contribution in [3.05, 3.63) is 0 Å². The van der Waals surface area contributed by atoms with Crippen LogP contribution in [0.1, 0.15) is 26.7 Å². The maximum atomic E-state index is 13.0. The minimum absolute atomic E-state index is 0.145. The maximum Gasteiger partial charge on any atom is 0.362 e. The van der Waals surface area contributed by atoms with Gasteiger partial charge < -0.3 is 9.79 Å². The van der Waals surface area contributed by atoms with Crippen molar-refractivity contribution < 1.29 is 18.7 Å². The van der Waals surface area contributed by atoms with Crippen molar-refractivity contribution in [3.63, 3.8) is 0 Å². The van der Waals surface area contributed by atoms with Crippen LogP contribution in [0.25, 0.3) is 0 Å². The number of halogens is 1. The minimum Gasteiger partial charge on any atom is -0.322 e. The van der Waals surface area contributed by atoms with Crippen molar-refractivity contribution in [3.8, 4) is 0 Å². The lowest BCUT2D eigenvalue weighted by molar-refractivity contribution is 0.191. The van der Waals surface area contributed by atoms with E-state index in [-0.39, 0.29) is 12.8 Å². The number of rotatable bonds is 3. The molecular weight excluding hydrogens is 158 g/mol. The molecule has 10 heavy (non-hydrogen) atoms. The van der Waals surface area contributed by atoms with Crippen molar-refractivity contribution in [2.45, 2.75) is 32.1 Å². The molecule has 0 radical (unpaired) electrons. The molecule has 0 saturated carbocycles. The van der Waals surface area contributed by atoms with Crippen molar-refractivity contribution in [1.82, 2.24) is 0 Å². The van der Waals surface area contributed by atoms with Crippen molar-refractivity contribution >= 4 is 7.60 Å². The van der Waals surface area contributed by atoms with E-state index >= 15 is 0 Å². The molecule has 0 saturated heterocycles. The zero-order chi connectivity index (χ0) is 8.41. The highest BCUT2D eigenvalue weighted by Crippen LogP contribution is 2.55. The Hall–Kier alpha value is 0.0800. The molecule has 0 aromatic rings. The Morgan fingerprint density at radius 1 is 1.40 bits per heavy atom. The standard InChI is InChI=1S/C5H12FO3P/c1-3-5(6,4-2)10(7,8)9/h3-4H2,1-2H3,(H2,7,8,9). The van der Waals surface area contributed by atoms with Gasteiger partial charge in [-0.15, -0.1) is 0 Å². The average molecular weight is 170 g/mol. The SMILES string of the molecule is CCC(F)(CC)P(=O)(O)O. The summed E-state index contributed by atoms with van der Waals surface area (Å²) in [7, 11) is -4.55. The largest absolute Gasteiger partial charge is 0.362 e. The van der Waals surface area contributed by atoms with Crippen LogP contribution >= 0.6 is 7.60 Å². The molecule has 3 nitrogen and oxygen atoms in total. The fraction of sp³-hybridized carbons (Fsp3) is 1.00. The van der Waals surface area contributed by atoms with Gasteiger partial charge in [-0.3, -0.25) is 4.57 Å². The molecule has 0 heterocycles. The smallest absolute Gasteiger partial charge is 0.322 e. The molecule has 0 spiro atoms. The minimum atomic E-state index is -4.55. The molecule has 0 atom stereocenters. The van der Waals surface area contributed by atoms with Crippen LogP contribution in [0.15, 0.2) is 0 Å². The van der Waals surface area contributed by atoms with Gasteiger partial charge in [-0.05, 0) is 12.8 Å². The second kappa shape index (κ2) is 2.99. The second-order valence-corrected chi connectivity index (χ2v) is 4.06. The summed E-state index contributed by atoms with van der Waals surface area (Å²) in [5.74, 6) is 0. The fourth-order valence-corrected chi connectivity index (χ4v) is 1.49. The van der Waals surface area contributed by atoms with E-state index in [1.807, 2.05) is 0 Å². The molecule has 62 valence electrons. The average Bonchev–Trinajstić information content (AvgIpc) is 1.84. The summed E-state index contributed by atoms with van der Waals surface area (Å²) in [5, 5.41) is -2.31. The van der Waals surface area contributed by atoms with Crippen molar-refractivity contribution in [2.75, 3.05) is 0 Å². The predicted octanol–water partition coefficient (Wildman–Crippen LogP) is 1.65. The predicted molar refractivity (Wildman–Crippen MR) is 36.5 cm³/mol. The molecule has 2 N–H and O–H groups in total. The van der Waals surface area contributed by atoms with Gasteiger partial charge in [0.05, 0.1) is 0 Å². The Kier molecular flexibility index (Phi) is 3.01. The van der Waals surface area contributed by atoms with Gasteiger partial charge in [0.25, 0.3) is 0 Å². The molecule has 0 fully saturated rings. The molecule has 0 aliphatic heterocycles. The summed E-state index contributed by atoms with van der Waals surface area (Å²) in [5.41, 5.74) is 0. The molecule has 0 aliphatic carbocycles. The lowest BCUT2D eigenvalue weighted by Gasteiger charge is -2.22. The van der Waals surface area contributed by atoms with Gasteiger partial charge in [-0.2, -0.15) is 0 Å². The number of hydrogen-bond acceptors (Lipinski definition) is 1. The summed E-state index contributed by atoms with van der Waals surface area (Å²) in [6, 6.07) is 0. The van der Waals surface area contributed by atoms with Crippen LogP contribution < -0.4 is 0 Å². The molecule has 0 bridgehead atoms. The molecular formula is C5H12FO3P. The first-order valence-electron chi connectivity index (χ1n) is 3.12. The van der Waals surface area contributed by atoms with E-state index in [2.05, 4.69) is 0 Å². The Morgan fingerprint density at radius 2 is 1.70 bits per heavy atom. The highest BCUT2D eigenvalue weighted by Gasteiger charge is 2.44. The summed E-state index contributed by atoms with van der Waals surface area (Å²) in [6.07, 6.45) is -0.290. The van der Waals surface area contributed by atoms with Crippen LogP contribution in [0.5, 0.6) is 0 Å². The van der Waals surface area contributed by atoms with E-state index in [4.69, 9.17) is 9.79 Å². The van der Waals surface area contributed by atoms with E-state index in [1.165, 1.54) is 13.8 Å². The van der Waals surface area contributed by atoms with Crippen LogP contribution in [0.2, 0.25) is 0 Å². The Balaban J connectivity index is 4.50. The first-order valence-corrected chi connectivity index (χ1v) is 4.73. The van der Waals surface area contributed by atoms with E-state index in [0.717, 1.165) is 0 Å². The van der Waals surface area contributed by atoms with Gasteiger partial charge in [0.1, 0.15) is 0 Å². The van der Waals surface area contributed by atoms with Gasteiger partial charge in [0, 0.05) is 0 Å². The summed E-state index contributed by atoms with van der Waals surface area (Å²) < 4.78 is 23.4. The normalized spacial score (nSPS) is 13.7. The Labute approximate surface area is 59.4 Å². The quantitative estimate of drug-likeness (QED) is 0.633. The zero-order valence-corrected chi connectivity index (χ0v) is 6.94. The lowest BCUT2D eigenvalue weighted by atomic mass is 10.2. The van der Waals surface area contributed by atoms with Crippen molar-refractivity contribution in [1.29, 1.82) is 0 Å². The van der Waals surface area contributed by atoms with E-state index in [9.17, 15) is 8.96 Å². The first-order chi connectivity index (χ1) is 4.37. The topological polar surface area (TPSA) is 57.5 Å². The van der Waals surface area contributed by atoms with Crippen LogP contribution in [-0.2, 0) is 4.57 Å². The van der Waals surface area contributed by atoms with Gasteiger partial charge in [0.15, 0.2) is 0 Å². The molecule has 0 rings (SSSR count). The molecule has 0 amide bonds. The van der Waals surface area contributed by atoms with E-state index < -0.39 is 13.0 Å².